The van der Waals surface area contributed by atoms with Crippen LogP contribution in [0.25, 0.3) is 0 Å². The van der Waals surface area contributed by atoms with Crippen LogP contribution in [0.3, 0.4) is 0 Å². The highest BCUT2D eigenvalue weighted by molar-refractivity contribution is 8.00. The fourth-order valence-corrected chi connectivity index (χ4v) is 7.44. The van der Waals surface area contributed by atoms with E-state index >= 15 is 0 Å². The van der Waals surface area contributed by atoms with Gasteiger partial charge in [-0.1, -0.05) is 110 Å². The summed E-state index contributed by atoms with van der Waals surface area (Å²) in [7, 11) is 0. The minimum Gasteiger partial charge on any atom is -0.509 e. The minimum atomic E-state index is -0.931. The maximum Gasteiger partial charge on any atom is 0.359 e. The van der Waals surface area contributed by atoms with Crippen molar-refractivity contribution in [1.29, 1.82) is 0 Å². The number of hydrogen-bond donors (Lipinski definition) is 3. The van der Waals surface area contributed by atoms with E-state index < -0.39 is 53.3 Å². The van der Waals surface area contributed by atoms with E-state index in [2.05, 4.69) is 10.6 Å². The van der Waals surface area contributed by atoms with Crippen LogP contribution in [0.5, 0.6) is 0 Å². The number of halogens is 1. The lowest BCUT2D eigenvalue weighted by molar-refractivity contribution is -0.155. The van der Waals surface area contributed by atoms with Gasteiger partial charge in [0, 0.05) is 12.1 Å². The van der Waals surface area contributed by atoms with Crippen molar-refractivity contribution in [3.05, 3.63) is 149 Å². The molecule has 6 rings (SSSR count). The lowest BCUT2D eigenvalue weighted by Gasteiger charge is -2.49. The average Bonchev–Trinajstić information content (AvgIpc) is 3.21. The zero-order valence-corrected chi connectivity index (χ0v) is 30.8. The standard InChI is InChI=1S/C41H38ClN3O8S/c1-25(40(50)52-37(28-15-9-4-10-16-28)29-18-20-30(21-19-29)43-33(48)23-42)17-22-32(47)44-34-38(49)45-35(31(46)24-54-39(34)45)41(51)53-36(26-11-5-2-6-12-26)27-13-7-3-8-14-27/h2-16,18-21,25,34,36-37,39,46H,17,22-24H2,1H3,(H,43,48)(H,44,47)/t25?,34?,37?,39-/m1/s1. The lowest BCUT2D eigenvalue weighted by Crippen LogP contribution is -2.70. The number of ether oxygens (including phenoxy) is 2. The topological polar surface area (TPSA) is 151 Å². The Bertz CT molecular complexity index is 1980. The van der Waals surface area contributed by atoms with Gasteiger partial charge in [0.1, 0.15) is 23.1 Å². The second-order valence-corrected chi connectivity index (χ2v) is 14.2. The van der Waals surface area contributed by atoms with E-state index in [1.165, 1.54) is 16.7 Å². The molecule has 11 nitrogen and oxygen atoms in total. The zero-order valence-electron chi connectivity index (χ0n) is 29.2. The van der Waals surface area contributed by atoms with E-state index in [1.54, 1.807) is 31.2 Å². The Hall–Kier alpha value is -5.59. The van der Waals surface area contributed by atoms with Crippen LogP contribution in [0, 0.1) is 5.92 Å². The Labute approximate surface area is 321 Å². The number of esters is 2. The molecule has 0 aliphatic carbocycles. The molecule has 0 bridgehead atoms. The first-order valence-corrected chi connectivity index (χ1v) is 18.9. The number of nitrogens with one attached hydrogen (secondary N) is 2. The molecule has 2 heterocycles. The number of β-lactam (4-membered cyclic amide) rings is 1. The van der Waals surface area contributed by atoms with Crippen LogP contribution in [0.1, 0.15) is 54.2 Å². The summed E-state index contributed by atoms with van der Waals surface area (Å²) < 4.78 is 11.9. The van der Waals surface area contributed by atoms with Gasteiger partial charge in [0.25, 0.3) is 5.91 Å². The van der Waals surface area contributed by atoms with Gasteiger partial charge in [-0.3, -0.25) is 24.1 Å². The average molecular weight is 768 g/mol. The van der Waals surface area contributed by atoms with Crippen molar-refractivity contribution in [3.8, 4) is 0 Å². The number of alkyl halides is 1. The first kappa shape index (κ1) is 38.1. The monoisotopic (exact) mass is 767 g/mol. The van der Waals surface area contributed by atoms with E-state index in [0.29, 0.717) is 11.3 Å². The SMILES string of the molecule is CC(CCC(=O)NC1C(=O)N2C(C(=O)OC(c3ccccc3)c3ccccc3)=C(O)CS[C@H]12)C(=O)OC(c1ccccc1)c1ccc(NC(=O)CCl)cc1. The van der Waals surface area contributed by atoms with Gasteiger partial charge < -0.3 is 25.2 Å². The molecular formula is C41H38ClN3O8S. The number of rotatable bonds is 14. The number of aliphatic hydroxyl groups excluding tert-OH is 1. The fraction of sp³-hybridized carbons (Fsp3) is 0.244. The van der Waals surface area contributed by atoms with E-state index in [4.69, 9.17) is 21.1 Å². The minimum absolute atomic E-state index is 0.0445. The summed E-state index contributed by atoms with van der Waals surface area (Å²) in [6, 6.07) is 33.5. The molecule has 2 aliphatic heterocycles. The van der Waals surface area contributed by atoms with Crippen LogP contribution in [-0.4, -0.2) is 62.7 Å². The molecule has 3 N–H and O–H groups in total. The normalized spacial score (nSPS) is 17.5. The van der Waals surface area contributed by atoms with E-state index in [9.17, 15) is 29.1 Å². The molecule has 13 heteroatoms. The predicted molar refractivity (Wildman–Crippen MR) is 204 cm³/mol. The molecule has 2 aliphatic rings. The number of carbonyl (C=O) groups excluding carboxylic acids is 5. The molecule has 4 aromatic rings. The fourth-order valence-electron chi connectivity index (χ4n) is 6.18. The maximum atomic E-state index is 13.6. The van der Waals surface area contributed by atoms with Crippen molar-refractivity contribution in [2.45, 2.75) is 43.4 Å². The molecule has 1 saturated heterocycles. The number of anilines is 1. The molecule has 1 fully saturated rings. The lowest BCUT2D eigenvalue weighted by atomic mass is 10.00. The van der Waals surface area contributed by atoms with Gasteiger partial charge in [-0.15, -0.1) is 23.4 Å². The number of aliphatic hydroxyl groups is 1. The van der Waals surface area contributed by atoms with E-state index in [1.807, 2.05) is 91.0 Å². The highest BCUT2D eigenvalue weighted by Gasteiger charge is 2.55. The van der Waals surface area contributed by atoms with Crippen LogP contribution in [0.4, 0.5) is 5.69 Å². The molecule has 54 heavy (non-hydrogen) atoms. The summed E-state index contributed by atoms with van der Waals surface area (Å²) in [6.45, 7) is 1.67. The molecule has 278 valence electrons. The number of nitrogens with zero attached hydrogens (tertiary/aromatic N) is 1. The molecule has 4 aromatic carbocycles. The first-order chi connectivity index (χ1) is 26.1. The summed E-state index contributed by atoms with van der Waals surface area (Å²) in [5.41, 5.74) is 3.16. The largest absolute Gasteiger partial charge is 0.509 e. The van der Waals surface area contributed by atoms with Gasteiger partial charge in [-0.05, 0) is 40.8 Å². The predicted octanol–water partition coefficient (Wildman–Crippen LogP) is 6.42. The third-order valence-electron chi connectivity index (χ3n) is 9.05. The zero-order chi connectivity index (χ0) is 38.2. The molecular weight excluding hydrogens is 730 g/mol. The highest BCUT2D eigenvalue weighted by Crippen LogP contribution is 2.41. The van der Waals surface area contributed by atoms with Gasteiger partial charge in [-0.2, -0.15) is 0 Å². The number of fused-ring (bicyclic) bond motifs is 1. The summed E-state index contributed by atoms with van der Waals surface area (Å²) >= 11 is 6.81. The maximum absolute atomic E-state index is 13.6. The third-order valence-corrected chi connectivity index (χ3v) is 10.6. The van der Waals surface area contributed by atoms with Crippen molar-refractivity contribution in [2.24, 2.45) is 5.92 Å². The Morgan fingerprint density at radius 1 is 0.796 bits per heavy atom. The second-order valence-electron chi connectivity index (χ2n) is 12.8. The van der Waals surface area contributed by atoms with Crippen molar-refractivity contribution in [3.63, 3.8) is 0 Å². The first-order valence-electron chi connectivity index (χ1n) is 17.3. The van der Waals surface area contributed by atoms with Crippen LogP contribution >= 0.6 is 23.4 Å². The van der Waals surface area contributed by atoms with Gasteiger partial charge in [0.15, 0.2) is 17.9 Å². The Kier molecular flexibility index (Phi) is 12.4. The second kappa shape index (κ2) is 17.5. The van der Waals surface area contributed by atoms with Crippen molar-refractivity contribution in [1.82, 2.24) is 10.2 Å². The van der Waals surface area contributed by atoms with Crippen molar-refractivity contribution in [2.75, 3.05) is 16.9 Å². The summed E-state index contributed by atoms with van der Waals surface area (Å²) in [5.74, 6) is -3.80. The van der Waals surface area contributed by atoms with E-state index in [0.717, 1.165) is 16.7 Å². The van der Waals surface area contributed by atoms with Gasteiger partial charge >= 0.3 is 11.9 Å². The quantitative estimate of drug-likeness (QED) is 0.0751. The number of amides is 3. The summed E-state index contributed by atoms with van der Waals surface area (Å²) in [6.07, 6.45) is -1.44. The number of hydrogen-bond acceptors (Lipinski definition) is 9. The van der Waals surface area contributed by atoms with Crippen molar-refractivity contribution < 1.29 is 38.6 Å². The molecule has 0 spiro atoms. The molecule has 3 amide bonds. The molecule has 4 atom stereocenters. The Balaban J connectivity index is 1.05. The van der Waals surface area contributed by atoms with Crippen LogP contribution in [0.15, 0.2) is 127 Å². The Morgan fingerprint density at radius 3 is 1.85 bits per heavy atom. The third kappa shape index (κ3) is 8.78. The summed E-state index contributed by atoms with van der Waals surface area (Å²) in [4.78, 5) is 66.3. The highest BCUT2D eigenvalue weighted by atomic mass is 35.5. The van der Waals surface area contributed by atoms with E-state index in [-0.39, 0.29) is 41.8 Å². The van der Waals surface area contributed by atoms with Gasteiger partial charge in [0.05, 0.1) is 11.7 Å². The van der Waals surface area contributed by atoms with Gasteiger partial charge in [-0.25, -0.2) is 4.79 Å². The smallest absolute Gasteiger partial charge is 0.359 e. The van der Waals surface area contributed by atoms with Gasteiger partial charge in [0.2, 0.25) is 11.8 Å². The van der Waals surface area contributed by atoms with Crippen LogP contribution < -0.4 is 10.6 Å². The molecule has 0 aromatic heterocycles. The Morgan fingerprint density at radius 2 is 1.31 bits per heavy atom. The van der Waals surface area contributed by atoms with Crippen LogP contribution in [-0.2, 0) is 33.4 Å². The molecule has 0 saturated carbocycles. The molecule has 0 radical (unpaired) electrons. The molecule has 3 unspecified atom stereocenters. The number of carbonyl (C=O) groups is 5. The van der Waals surface area contributed by atoms with Crippen LogP contribution in [0.2, 0.25) is 0 Å². The number of benzene rings is 4. The summed E-state index contributed by atoms with van der Waals surface area (Å²) in [5, 5.41) is 15.6. The van der Waals surface area contributed by atoms with Crippen molar-refractivity contribution >= 4 is 58.7 Å². The number of thioether (sulfide) groups is 1.